The maximum absolute atomic E-state index is 10.7. The van der Waals surface area contributed by atoms with Gasteiger partial charge < -0.3 is 16.1 Å². The lowest BCUT2D eigenvalue weighted by Crippen LogP contribution is -2.18. The van der Waals surface area contributed by atoms with E-state index in [1.54, 1.807) is 0 Å². The van der Waals surface area contributed by atoms with E-state index in [4.69, 9.17) is 11.6 Å². The quantitative estimate of drug-likeness (QED) is 0.285. The van der Waals surface area contributed by atoms with E-state index in [0.717, 1.165) is 0 Å². The lowest BCUT2D eigenvalue weighted by Gasteiger charge is -1.98. The molecule has 0 saturated heterocycles. The van der Waals surface area contributed by atoms with Crippen LogP contribution in [0.3, 0.4) is 0 Å². The maximum atomic E-state index is 10.7. The maximum Gasteiger partial charge on any atom is 0.276 e. The fourth-order valence-electron chi connectivity index (χ4n) is 0.525. The Bertz CT molecular complexity index is 279. The number of rotatable bonds is 1. The molecule has 0 radical (unpaired) electrons. The van der Waals surface area contributed by atoms with E-state index in [9.17, 15) is 4.79 Å². The number of nitrogens with one attached hydrogen (secondary N) is 2. The first-order valence-corrected chi connectivity index (χ1v) is 2.55. The molecule has 0 aliphatic carbocycles. The summed E-state index contributed by atoms with van der Waals surface area (Å²) in [5, 5.41) is 0. The fraction of sp³-hybridized carbons (Fsp3) is 0. The van der Waals surface area contributed by atoms with Crippen molar-refractivity contribution >= 4 is 11.5 Å². The average Bonchev–Trinajstić information content (AvgIpc) is 1.95. The van der Waals surface area contributed by atoms with E-state index in [-0.39, 0.29) is 11.5 Å². The minimum absolute atomic E-state index is 0.00926. The topological polar surface area (TPSA) is 110 Å². The molecule has 0 fully saturated rings. The van der Waals surface area contributed by atoms with Crippen LogP contribution in [-0.2, 0) is 0 Å². The first-order valence-electron chi connectivity index (χ1n) is 2.55. The average molecular weight is 141 g/mol. The number of nitrogen functional groups attached to an aromatic ring is 2. The van der Waals surface area contributed by atoms with Crippen molar-refractivity contribution in [3.63, 3.8) is 0 Å². The molecular formula is C4H7N5O. The first-order chi connectivity index (χ1) is 4.75. The number of hydrogen-bond acceptors (Lipinski definition) is 5. The largest absolute Gasteiger partial charge is 0.391 e. The van der Waals surface area contributed by atoms with Crippen molar-refractivity contribution < 1.29 is 0 Å². The van der Waals surface area contributed by atoms with Crippen LogP contribution in [0.1, 0.15) is 0 Å². The highest BCUT2D eigenvalue weighted by Crippen LogP contribution is 2.02. The molecule has 0 aliphatic heterocycles. The molecule has 6 heteroatoms. The standard InChI is InChI=1S/C4H7N5O/c5-2-3(9-6)7-1-8-4(2)10/h1H,5-6H2,(H2,7,8,9,10). The smallest absolute Gasteiger partial charge is 0.276 e. The van der Waals surface area contributed by atoms with E-state index in [1.807, 2.05) is 0 Å². The lowest BCUT2D eigenvalue weighted by atomic mass is 10.5. The Morgan fingerprint density at radius 3 is 2.90 bits per heavy atom. The number of aromatic nitrogens is 2. The molecule has 0 atom stereocenters. The molecule has 0 saturated carbocycles. The van der Waals surface area contributed by atoms with Gasteiger partial charge in [0.2, 0.25) is 0 Å². The highest BCUT2D eigenvalue weighted by Gasteiger charge is 1.99. The molecule has 1 aromatic rings. The number of anilines is 2. The zero-order chi connectivity index (χ0) is 7.56. The van der Waals surface area contributed by atoms with Crippen LogP contribution in [0.15, 0.2) is 11.1 Å². The predicted octanol–water partition coefficient (Wildman–Crippen LogP) is -1.36. The number of nitrogens with two attached hydrogens (primary N) is 2. The molecular weight excluding hydrogens is 134 g/mol. The molecule has 1 aromatic heterocycles. The van der Waals surface area contributed by atoms with Crippen LogP contribution in [0.4, 0.5) is 11.5 Å². The van der Waals surface area contributed by atoms with Gasteiger partial charge in [0, 0.05) is 0 Å². The Labute approximate surface area is 56.2 Å². The zero-order valence-corrected chi connectivity index (χ0v) is 5.09. The summed E-state index contributed by atoms with van der Waals surface area (Å²) in [6.45, 7) is 0. The molecule has 0 spiro atoms. The summed E-state index contributed by atoms with van der Waals surface area (Å²) in [7, 11) is 0. The summed E-state index contributed by atoms with van der Waals surface area (Å²) in [4.78, 5) is 16.6. The van der Waals surface area contributed by atoms with Gasteiger partial charge in [-0.1, -0.05) is 0 Å². The number of H-pyrrole nitrogens is 1. The molecule has 0 amide bonds. The third-order valence-electron chi connectivity index (χ3n) is 1.03. The summed E-state index contributed by atoms with van der Waals surface area (Å²) < 4.78 is 0. The van der Waals surface area contributed by atoms with Gasteiger partial charge >= 0.3 is 0 Å². The van der Waals surface area contributed by atoms with E-state index in [0.29, 0.717) is 0 Å². The van der Waals surface area contributed by atoms with Gasteiger partial charge in [-0.15, -0.1) is 0 Å². The van der Waals surface area contributed by atoms with Crippen LogP contribution >= 0.6 is 0 Å². The molecule has 0 bridgehead atoms. The minimum Gasteiger partial charge on any atom is -0.391 e. The molecule has 0 unspecified atom stereocenters. The number of aromatic amines is 1. The highest BCUT2D eigenvalue weighted by atomic mass is 16.1. The van der Waals surface area contributed by atoms with E-state index >= 15 is 0 Å². The molecule has 6 N–H and O–H groups in total. The molecule has 6 nitrogen and oxygen atoms in total. The number of hydrogen-bond donors (Lipinski definition) is 4. The van der Waals surface area contributed by atoms with Crippen molar-refractivity contribution in [3.05, 3.63) is 16.7 Å². The summed E-state index contributed by atoms with van der Waals surface area (Å²) in [5.41, 5.74) is 7.02. The first kappa shape index (κ1) is 6.56. The monoisotopic (exact) mass is 141 g/mol. The second-order valence-electron chi connectivity index (χ2n) is 1.64. The minimum atomic E-state index is -0.400. The Balaban J connectivity index is 3.28. The van der Waals surface area contributed by atoms with Gasteiger partial charge in [-0.3, -0.25) is 4.79 Å². The van der Waals surface area contributed by atoms with Crippen LogP contribution in [0.25, 0.3) is 0 Å². The van der Waals surface area contributed by atoms with Crippen molar-refractivity contribution in [1.29, 1.82) is 0 Å². The van der Waals surface area contributed by atoms with Gasteiger partial charge in [0.25, 0.3) is 5.56 Å². The number of nitrogens with zero attached hydrogens (tertiary/aromatic N) is 1. The summed E-state index contributed by atoms with van der Waals surface area (Å²) in [6.07, 6.45) is 1.22. The zero-order valence-electron chi connectivity index (χ0n) is 5.09. The highest BCUT2D eigenvalue weighted by molar-refractivity contribution is 5.57. The van der Waals surface area contributed by atoms with Crippen LogP contribution < -0.4 is 22.6 Å². The van der Waals surface area contributed by atoms with Gasteiger partial charge in [-0.05, 0) is 0 Å². The van der Waals surface area contributed by atoms with Gasteiger partial charge in [-0.25, -0.2) is 10.8 Å². The molecule has 1 heterocycles. The Kier molecular flexibility index (Phi) is 1.55. The van der Waals surface area contributed by atoms with Gasteiger partial charge in [0.1, 0.15) is 5.69 Å². The summed E-state index contributed by atoms with van der Waals surface area (Å²) in [5.74, 6) is 5.16. The third kappa shape index (κ3) is 0.914. The second-order valence-corrected chi connectivity index (χ2v) is 1.64. The van der Waals surface area contributed by atoms with Gasteiger partial charge in [0.05, 0.1) is 6.33 Å². The third-order valence-corrected chi connectivity index (χ3v) is 1.03. The normalized spacial score (nSPS) is 9.30. The molecule has 0 aliphatic rings. The van der Waals surface area contributed by atoms with Crippen molar-refractivity contribution in [2.24, 2.45) is 5.84 Å². The van der Waals surface area contributed by atoms with Gasteiger partial charge in [0.15, 0.2) is 5.82 Å². The van der Waals surface area contributed by atoms with Gasteiger partial charge in [-0.2, -0.15) is 0 Å². The van der Waals surface area contributed by atoms with Crippen LogP contribution in [-0.4, -0.2) is 9.97 Å². The molecule has 10 heavy (non-hydrogen) atoms. The van der Waals surface area contributed by atoms with Crippen molar-refractivity contribution in [1.82, 2.24) is 9.97 Å². The van der Waals surface area contributed by atoms with Crippen molar-refractivity contribution in [3.8, 4) is 0 Å². The Morgan fingerprint density at radius 2 is 2.40 bits per heavy atom. The Hall–Kier alpha value is -1.56. The van der Waals surface area contributed by atoms with E-state index < -0.39 is 5.56 Å². The summed E-state index contributed by atoms with van der Waals surface area (Å²) in [6, 6.07) is 0. The second kappa shape index (κ2) is 2.36. The predicted molar refractivity (Wildman–Crippen MR) is 37.1 cm³/mol. The Morgan fingerprint density at radius 1 is 1.70 bits per heavy atom. The summed E-state index contributed by atoms with van der Waals surface area (Å²) >= 11 is 0. The number of hydrazine groups is 1. The molecule has 1 rings (SSSR count). The lowest BCUT2D eigenvalue weighted by molar-refractivity contribution is 1.10. The van der Waals surface area contributed by atoms with E-state index in [1.165, 1.54) is 6.33 Å². The molecule has 54 valence electrons. The molecule has 0 aromatic carbocycles. The van der Waals surface area contributed by atoms with Crippen LogP contribution in [0.5, 0.6) is 0 Å². The fourth-order valence-corrected chi connectivity index (χ4v) is 0.525. The van der Waals surface area contributed by atoms with Crippen molar-refractivity contribution in [2.45, 2.75) is 0 Å². The van der Waals surface area contributed by atoms with Crippen LogP contribution in [0.2, 0.25) is 0 Å². The SMILES string of the molecule is NNc1nc[nH]c(=O)c1N. The van der Waals surface area contributed by atoms with Crippen molar-refractivity contribution in [2.75, 3.05) is 11.2 Å². The van der Waals surface area contributed by atoms with Crippen LogP contribution in [0, 0.1) is 0 Å². The van der Waals surface area contributed by atoms with E-state index in [2.05, 4.69) is 15.4 Å².